The number of nitro benzene ring substituents is 2. The van der Waals surface area contributed by atoms with Gasteiger partial charge in [-0.1, -0.05) is 6.08 Å². The van der Waals surface area contributed by atoms with Crippen LogP contribution in [0.25, 0.3) is 11.0 Å². The number of hydrogen-bond acceptors (Lipinski definition) is 9. The molecule has 0 aliphatic heterocycles. The Morgan fingerprint density at radius 3 is 2.33 bits per heavy atom. The van der Waals surface area contributed by atoms with Crippen molar-refractivity contribution in [3.63, 3.8) is 0 Å². The quantitative estimate of drug-likeness (QED) is 0.141. The summed E-state index contributed by atoms with van der Waals surface area (Å²) in [5.74, 6) is -1.84. The van der Waals surface area contributed by atoms with Gasteiger partial charge in [0.1, 0.15) is 22.5 Å². The van der Waals surface area contributed by atoms with Crippen molar-refractivity contribution in [2.75, 3.05) is 6.54 Å². The van der Waals surface area contributed by atoms with Gasteiger partial charge < -0.3 is 14.5 Å². The Kier molecular flexibility index (Phi) is 6.29. The number of nitrogens with zero attached hydrogens (tertiary/aromatic N) is 2. The van der Waals surface area contributed by atoms with Gasteiger partial charge in [-0.2, -0.15) is 0 Å². The summed E-state index contributed by atoms with van der Waals surface area (Å²) in [5, 5.41) is 25.2. The Hall–Kier alpha value is -4.87. The van der Waals surface area contributed by atoms with Crippen molar-refractivity contribution in [3.05, 3.63) is 96.4 Å². The topological polar surface area (TPSA) is 172 Å². The van der Waals surface area contributed by atoms with Crippen molar-refractivity contribution in [2.45, 2.75) is 6.92 Å². The number of benzene rings is 2. The number of nitro groups is 2. The molecule has 0 aliphatic carbocycles. The molecule has 1 N–H and O–H groups in total. The second-order valence-electron chi connectivity index (χ2n) is 6.69. The third kappa shape index (κ3) is 4.74. The van der Waals surface area contributed by atoms with Crippen LogP contribution in [-0.4, -0.2) is 28.3 Å². The summed E-state index contributed by atoms with van der Waals surface area (Å²) in [4.78, 5) is 57.4. The molecule has 1 aromatic heterocycles. The number of esters is 1. The standard InChI is InChI=1S/C21H15N3O9/c1-3-6-22-19(25)15-7-12-4-5-14(10-18(12)33-21(15)27)32-20(26)13-8-16(23(28)29)11(2)17(9-13)24(30)31/h3-5,7-10H,1,6H2,2H3,(H,22,25). The van der Waals surface area contributed by atoms with Crippen molar-refractivity contribution >= 4 is 34.2 Å². The Labute approximate surface area is 184 Å². The van der Waals surface area contributed by atoms with Crippen LogP contribution in [0.15, 0.2) is 58.3 Å². The van der Waals surface area contributed by atoms with Gasteiger partial charge in [0, 0.05) is 30.1 Å². The first-order valence-corrected chi connectivity index (χ1v) is 9.25. The van der Waals surface area contributed by atoms with Crippen LogP contribution in [0.4, 0.5) is 11.4 Å². The molecule has 12 nitrogen and oxygen atoms in total. The monoisotopic (exact) mass is 453 g/mol. The molecule has 3 aromatic rings. The van der Waals surface area contributed by atoms with Gasteiger partial charge in [-0.05, 0) is 25.1 Å². The molecule has 33 heavy (non-hydrogen) atoms. The molecule has 0 saturated carbocycles. The normalized spacial score (nSPS) is 10.5. The molecule has 0 bridgehead atoms. The van der Waals surface area contributed by atoms with Gasteiger partial charge in [-0.3, -0.25) is 25.0 Å². The highest BCUT2D eigenvalue weighted by Gasteiger charge is 2.26. The Morgan fingerprint density at radius 2 is 1.76 bits per heavy atom. The van der Waals surface area contributed by atoms with E-state index in [-0.39, 0.29) is 29.0 Å². The highest BCUT2D eigenvalue weighted by Crippen LogP contribution is 2.30. The minimum Gasteiger partial charge on any atom is -0.423 e. The van der Waals surface area contributed by atoms with E-state index in [4.69, 9.17) is 9.15 Å². The molecule has 0 radical (unpaired) electrons. The number of carbonyl (C=O) groups excluding carboxylic acids is 2. The summed E-state index contributed by atoms with van der Waals surface area (Å²) >= 11 is 0. The molecule has 0 atom stereocenters. The first kappa shape index (κ1) is 22.8. The maximum absolute atomic E-state index is 12.5. The minimum absolute atomic E-state index is 0.00596. The molecule has 3 rings (SSSR count). The summed E-state index contributed by atoms with van der Waals surface area (Å²) in [6, 6.07) is 7.02. The molecule has 1 amide bonds. The smallest absolute Gasteiger partial charge is 0.349 e. The molecule has 0 fully saturated rings. The van der Waals surface area contributed by atoms with E-state index in [9.17, 15) is 34.6 Å². The number of ether oxygens (including phenoxy) is 1. The van der Waals surface area contributed by atoms with Crippen LogP contribution < -0.4 is 15.7 Å². The molecular formula is C21H15N3O9. The number of hydrogen-bond donors (Lipinski definition) is 1. The average molecular weight is 453 g/mol. The lowest BCUT2D eigenvalue weighted by atomic mass is 10.1. The van der Waals surface area contributed by atoms with Gasteiger partial charge >= 0.3 is 11.6 Å². The zero-order valence-electron chi connectivity index (χ0n) is 17.0. The SMILES string of the molecule is C=CCNC(=O)c1cc2ccc(OC(=O)c3cc([N+](=O)[O-])c(C)c([N+](=O)[O-])c3)cc2oc1=O. The summed E-state index contributed by atoms with van der Waals surface area (Å²) < 4.78 is 10.3. The van der Waals surface area contributed by atoms with Crippen LogP contribution >= 0.6 is 0 Å². The van der Waals surface area contributed by atoms with Crippen molar-refractivity contribution in [1.82, 2.24) is 5.32 Å². The van der Waals surface area contributed by atoms with Crippen LogP contribution in [0.2, 0.25) is 0 Å². The highest BCUT2D eigenvalue weighted by molar-refractivity contribution is 5.97. The third-order valence-corrected chi connectivity index (χ3v) is 4.55. The lowest BCUT2D eigenvalue weighted by Gasteiger charge is -2.07. The van der Waals surface area contributed by atoms with Crippen molar-refractivity contribution in [3.8, 4) is 5.75 Å². The molecule has 0 unspecified atom stereocenters. The van der Waals surface area contributed by atoms with E-state index in [1.165, 1.54) is 37.3 Å². The van der Waals surface area contributed by atoms with E-state index in [1.54, 1.807) is 0 Å². The number of nitrogens with one attached hydrogen (secondary N) is 1. The second-order valence-corrected chi connectivity index (χ2v) is 6.69. The lowest BCUT2D eigenvalue weighted by molar-refractivity contribution is -0.395. The zero-order chi connectivity index (χ0) is 24.3. The maximum Gasteiger partial charge on any atom is 0.349 e. The lowest BCUT2D eigenvalue weighted by Crippen LogP contribution is -2.28. The van der Waals surface area contributed by atoms with E-state index in [2.05, 4.69) is 11.9 Å². The van der Waals surface area contributed by atoms with Crippen molar-refractivity contribution < 1.29 is 28.6 Å². The van der Waals surface area contributed by atoms with Gasteiger partial charge in [0.2, 0.25) is 0 Å². The first-order chi connectivity index (χ1) is 15.6. The molecule has 0 aliphatic rings. The van der Waals surface area contributed by atoms with E-state index < -0.39 is 44.3 Å². The van der Waals surface area contributed by atoms with Gasteiger partial charge in [-0.25, -0.2) is 9.59 Å². The number of carbonyl (C=O) groups is 2. The van der Waals surface area contributed by atoms with Crippen LogP contribution in [0.3, 0.4) is 0 Å². The predicted octanol–water partition coefficient (Wildman–Crippen LogP) is 3.05. The Bertz CT molecular complexity index is 1360. The molecule has 0 spiro atoms. The zero-order valence-corrected chi connectivity index (χ0v) is 17.0. The molecule has 168 valence electrons. The second kappa shape index (κ2) is 9.09. The molecule has 1 heterocycles. The van der Waals surface area contributed by atoms with Crippen LogP contribution in [0.5, 0.6) is 5.75 Å². The largest absolute Gasteiger partial charge is 0.423 e. The summed E-state index contributed by atoms with van der Waals surface area (Å²) in [7, 11) is 0. The van der Waals surface area contributed by atoms with E-state index in [0.717, 1.165) is 12.1 Å². The first-order valence-electron chi connectivity index (χ1n) is 9.25. The van der Waals surface area contributed by atoms with Crippen molar-refractivity contribution in [1.29, 1.82) is 0 Å². The van der Waals surface area contributed by atoms with Gasteiger partial charge in [0.25, 0.3) is 17.3 Å². The van der Waals surface area contributed by atoms with Crippen LogP contribution in [-0.2, 0) is 0 Å². The van der Waals surface area contributed by atoms with Gasteiger partial charge in [-0.15, -0.1) is 6.58 Å². The fourth-order valence-electron chi connectivity index (χ4n) is 2.92. The Morgan fingerprint density at radius 1 is 1.12 bits per heavy atom. The molecule has 0 saturated heterocycles. The van der Waals surface area contributed by atoms with Crippen molar-refractivity contribution in [2.24, 2.45) is 0 Å². The number of amides is 1. The predicted molar refractivity (Wildman–Crippen MR) is 114 cm³/mol. The van der Waals surface area contributed by atoms with Crippen LogP contribution in [0, 0.1) is 27.2 Å². The van der Waals surface area contributed by atoms with E-state index in [1.807, 2.05) is 0 Å². The average Bonchev–Trinajstić information content (AvgIpc) is 2.76. The fraction of sp³-hybridized carbons (Fsp3) is 0.0952. The molecule has 12 heteroatoms. The fourth-order valence-corrected chi connectivity index (χ4v) is 2.92. The molecular weight excluding hydrogens is 438 g/mol. The van der Waals surface area contributed by atoms with Gasteiger partial charge in [0.05, 0.1) is 15.4 Å². The van der Waals surface area contributed by atoms with E-state index in [0.29, 0.717) is 5.39 Å². The van der Waals surface area contributed by atoms with Gasteiger partial charge in [0.15, 0.2) is 0 Å². The summed E-state index contributed by atoms with van der Waals surface area (Å²) in [5.41, 5.74) is -2.97. The minimum atomic E-state index is -1.09. The number of fused-ring (bicyclic) bond motifs is 1. The highest BCUT2D eigenvalue weighted by atomic mass is 16.6. The van der Waals surface area contributed by atoms with E-state index >= 15 is 0 Å². The molecule has 2 aromatic carbocycles. The third-order valence-electron chi connectivity index (χ3n) is 4.55. The maximum atomic E-state index is 12.5. The summed E-state index contributed by atoms with van der Waals surface area (Å²) in [6.07, 6.45) is 1.44. The number of rotatable bonds is 7. The van der Waals surface area contributed by atoms with Crippen LogP contribution in [0.1, 0.15) is 26.3 Å². The Balaban J connectivity index is 1.94. The summed E-state index contributed by atoms with van der Waals surface area (Å²) in [6.45, 7) is 4.81.